The molecule has 81 heavy (non-hydrogen) atoms. The van der Waals surface area contributed by atoms with Gasteiger partial charge in [-0.05, 0) is 170 Å². The van der Waals surface area contributed by atoms with Crippen LogP contribution in [0.5, 0.6) is 51.7 Å². The van der Waals surface area contributed by atoms with Gasteiger partial charge in [0.1, 0.15) is 28.8 Å². The minimum Gasteiger partial charge on any atom is -0.508 e. The van der Waals surface area contributed by atoms with Gasteiger partial charge in [-0.25, -0.2) is 0 Å². The number of hydrogen-bond acceptors (Lipinski definition) is 18. The molecular weight excluding hydrogens is 1040 g/mol. The standard InChI is InChI=1S/C21H28O6.C21H26O6.C21H22O6/c3*1-27-21-11-15(5-9-20(21)26)3-7-18(24)12-17(23)6-2-14-4-8-19(25)16(10-14)13-22/h4-5,8-11,17-18,22-26H,2-3,6-7,12-13H2,1H3;4-5,8-11,17,22-23,25-26H,2-3,6-7,12-13H2,1H3;3-5,7-12,22,24-26H,2,6,13H2,1H3/b;;7-3+,18-12?. The number of phenolic OH excluding ortho intramolecular Hbond substituents is 3. The van der Waals surface area contributed by atoms with E-state index in [9.17, 15) is 65.8 Å². The van der Waals surface area contributed by atoms with Crippen LogP contribution in [0.3, 0.4) is 0 Å². The first-order valence-electron chi connectivity index (χ1n) is 26.3. The third-order valence-corrected chi connectivity index (χ3v) is 13.0. The minimum atomic E-state index is -0.738. The number of phenols is 6. The minimum absolute atomic E-state index is 0.0149. The van der Waals surface area contributed by atoms with Crippen molar-refractivity contribution < 1.29 is 90.2 Å². The summed E-state index contributed by atoms with van der Waals surface area (Å²) in [5.41, 5.74) is 6.45. The van der Waals surface area contributed by atoms with Gasteiger partial charge in [0.25, 0.3) is 0 Å². The second-order valence-corrected chi connectivity index (χ2v) is 19.2. The van der Waals surface area contributed by atoms with Gasteiger partial charge in [-0.3, -0.25) is 9.59 Å². The topological polar surface area (TPSA) is 325 Å². The van der Waals surface area contributed by atoms with Crippen molar-refractivity contribution in [2.24, 2.45) is 0 Å². The number of ether oxygens (including phenoxy) is 3. The van der Waals surface area contributed by atoms with Gasteiger partial charge < -0.3 is 80.6 Å². The Hall–Kier alpha value is -8.10. The van der Waals surface area contributed by atoms with E-state index in [0.717, 1.165) is 33.9 Å². The molecule has 0 bridgehead atoms. The number of Topliss-reactive ketones (excluding diaryl/α,β-unsaturated/α-hetero) is 1. The van der Waals surface area contributed by atoms with E-state index in [2.05, 4.69) is 0 Å². The highest BCUT2D eigenvalue weighted by molar-refractivity contribution is 5.90. The Bertz CT molecular complexity index is 2940. The molecular formula is C63H76O18. The zero-order valence-corrected chi connectivity index (χ0v) is 45.8. The predicted octanol–water partition coefficient (Wildman–Crippen LogP) is 8.02. The second kappa shape index (κ2) is 34.1. The molecule has 13 N–H and O–H groups in total. The molecule has 0 aliphatic rings. The van der Waals surface area contributed by atoms with Crippen LogP contribution in [0.4, 0.5) is 0 Å². The molecule has 6 aromatic carbocycles. The molecule has 0 saturated heterocycles. The van der Waals surface area contributed by atoms with Gasteiger partial charge in [0, 0.05) is 42.0 Å². The largest absolute Gasteiger partial charge is 0.508 e. The van der Waals surface area contributed by atoms with Crippen LogP contribution in [0, 0.1) is 0 Å². The van der Waals surface area contributed by atoms with Crippen LogP contribution in [0.25, 0.3) is 6.08 Å². The number of ketones is 2. The first kappa shape index (κ1) is 65.4. The lowest BCUT2D eigenvalue weighted by atomic mass is 9.98. The molecule has 0 saturated carbocycles. The molecule has 0 heterocycles. The number of aliphatic hydroxyl groups excluding tert-OH is 7. The van der Waals surface area contributed by atoms with E-state index in [4.69, 9.17) is 24.4 Å². The summed E-state index contributed by atoms with van der Waals surface area (Å²) in [5, 5.41) is 125. The molecule has 6 aromatic rings. The summed E-state index contributed by atoms with van der Waals surface area (Å²) in [4.78, 5) is 24.1. The van der Waals surface area contributed by atoms with E-state index in [1.54, 1.807) is 84.9 Å². The van der Waals surface area contributed by atoms with Gasteiger partial charge in [-0.2, -0.15) is 0 Å². The summed E-state index contributed by atoms with van der Waals surface area (Å²) in [6, 6.07) is 29.6. The molecule has 0 radical (unpaired) electrons. The summed E-state index contributed by atoms with van der Waals surface area (Å²) in [7, 11) is 4.40. The average Bonchev–Trinajstić information content (AvgIpc) is 3.46. The van der Waals surface area contributed by atoms with E-state index in [0.29, 0.717) is 97.3 Å². The van der Waals surface area contributed by atoms with Gasteiger partial charge >= 0.3 is 0 Å². The normalized spacial score (nSPS) is 12.3. The molecule has 3 unspecified atom stereocenters. The van der Waals surface area contributed by atoms with Crippen molar-refractivity contribution in [1.82, 2.24) is 0 Å². The molecule has 18 heteroatoms. The molecule has 18 nitrogen and oxygen atoms in total. The number of carbonyl (C=O) groups is 2. The van der Waals surface area contributed by atoms with Crippen molar-refractivity contribution in [1.29, 1.82) is 0 Å². The summed E-state index contributed by atoms with van der Waals surface area (Å²) in [6.07, 6.45) is 7.06. The molecule has 0 amide bonds. The van der Waals surface area contributed by atoms with Crippen LogP contribution < -0.4 is 14.2 Å². The molecule has 0 aliphatic carbocycles. The van der Waals surface area contributed by atoms with Crippen LogP contribution in [-0.2, 0) is 61.5 Å². The maximum atomic E-state index is 12.1. The predicted molar refractivity (Wildman–Crippen MR) is 305 cm³/mol. The van der Waals surface area contributed by atoms with Crippen molar-refractivity contribution in [2.75, 3.05) is 21.3 Å². The van der Waals surface area contributed by atoms with Gasteiger partial charge in [-0.1, -0.05) is 42.5 Å². The van der Waals surface area contributed by atoms with E-state index in [1.165, 1.54) is 57.7 Å². The third kappa shape index (κ3) is 22.9. The van der Waals surface area contributed by atoms with Crippen LogP contribution in [0.2, 0.25) is 0 Å². The van der Waals surface area contributed by atoms with Gasteiger partial charge in [0.2, 0.25) is 0 Å². The zero-order valence-electron chi connectivity index (χ0n) is 45.8. The Morgan fingerprint density at radius 1 is 0.457 bits per heavy atom. The molecule has 3 atom stereocenters. The molecule has 0 fully saturated rings. The first-order valence-corrected chi connectivity index (χ1v) is 26.3. The lowest BCUT2D eigenvalue weighted by Gasteiger charge is -2.16. The smallest absolute Gasteiger partial charge is 0.161 e. The van der Waals surface area contributed by atoms with Crippen molar-refractivity contribution in [3.8, 4) is 51.7 Å². The Kier molecular flexibility index (Phi) is 27.6. The van der Waals surface area contributed by atoms with E-state index in [1.807, 2.05) is 0 Å². The maximum Gasteiger partial charge on any atom is 0.161 e. The SMILES string of the molecule is COc1cc(/C=C/C(O)=CC(=O)CCc2ccc(O)c(CO)c2)ccc1O.COc1cc(CCC(=O)CC(O)CCc2ccc(O)c(CO)c2)ccc1O.COc1cc(CCC(O)CC(O)CCc2ccc(O)c(CO)c2)ccc1O. The Balaban J connectivity index is 0.000000261. The number of aryl methyl sites for hydroxylation is 5. The Morgan fingerprint density at radius 2 is 0.815 bits per heavy atom. The molecule has 6 rings (SSSR count). The van der Waals surface area contributed by atoms with E-state index < -0.39 is 18.3 Å². The lowest BCUT2D eigenvalue weighted by molar-refractivity contribution is -0.121. The average molecular weight is 1120 g/mol. The monoisotopic (exact) mass is 1120 g/mol. The highest BCUT2D eigenvalue weighted by Gasteiger charge is 2.16. The fraction of sp³-hybridized carbons (Fsp3) is 0.333. The van der Waals surface area contributed by atoms with Crippen molar-refractivity contribution >= 4 is 17.6 Å². The fourth-order valence-corrected chi connectivity index (χ4v) is 8.35. The van der Waals surface area contributed by atoms with E-state index >= 15 is 0 Å². The number of methoxy groups -OCH3 is 3. The maximum absolute atomic E-state index is 12.1. The number of hydrogen-bond donors (Lipinski definition) is 13. The number of rotatable bonds is 28. The number of allylic oxidation sites excluding steroid dienone is 2. The van der Waals surface area contributed by atoms with Crippen LogP contribution >= 0.6 is 0 Å². The highest BCUT2D eigenvalue weighted by Crippen LogP contribution is 2.30. The third-order valence-electron chi connectivity index (χ3n) is 13.0. The molecule has 0 aromatic heterocycles. The number of aliphatic hydroxyl groups is 7. The van der Waals surface area contributed by atoms with Gasteiger partial charge in [0.15, 0.2) is 40.3 Å². The number of carbonyl (C=O) groups excluding carboxylic acids is 2. The van der Waals surface area contributed by atoms with Crippen LogP contribution in [0.1, 0.15) is 95.0 Å². The summed E-state index contributed by atoms with van der Waals surface area (Å²) in [6.45, 7) is -0.757. The quantitative estimate of drug-likeness (QED) is 0.0126. The van der Waals surface area contributed by atoms with Gasteiger partial charge in [-0.15, -0.1) is 0 Å². The van der Waals surface area contributed by atoms with Crippen LogP contribution in [0.15, 0.2) is 127 Å². The highest BCUT2D eigenvalue weighted by atomic mass is 16.5. The summed E-state index contributed by atoms with van der Waals surface area (Å²) >= 11 is 0. The molecule has 436 valence electrons. The summed E-state index contributed by atoms with van der Waals surface area (Å²) < 4.78 is 15.1. The van der Waals surface area contributed by atoms with E-state index in [-0.39, 0.29) is 90.9 Å². The zero-order chi connectivity index (χ0) is 59.4. The Labute approximate surface area is 471 Å². The molecule has 0 aliphatic heterocycles. The summed E-state index contributed by atoms with van der Waals surface area (Å²) in [5.74, 6) is 0.888. The van der Waals surface area contributed by atoms with Crippen molar-refractivity contribution in [3.63, 3.8) is 0 Å². The second-order valence-electron chi connectivity index (χ2n) is 19.2. The van der Waals surface area contributed by atoms with Crippen molar-refractivity contribution in [2.45, 2.75) is 115 Å². The van der Waals surface area contributed by atoms with Crippen LogP contribution in [-0.4, -0.2) is 118 Å². The lowest BCUT2D eigenvalue weighted by Crippen LogP contribution is -2.19. The fourth-order valence-electron chi connectivity index (χ4n) is 8.35. The number of aromatic hydroxyl groups is 6. The first-order chi connectivity index (χ1) is 38.8. The van der Waals surface area contributed by atoms with Crippen molar-refractivity contribution in [3.05, 3.63) is 177 Å². The van der Waals surface area contributed by atoms with Gasteiger partial charge in [0.05, 0.1) is 59.5 Å². The Morgan fingerprint density at radius 3 is 1.25 bits per heavy atom. The molecule has 0 spiro atoms. The number of benzene rings is 6.